The first-order chi connectivity index (χ1) is 10.2. The van der Waals surface area contributed by atoms with Gasteiger partial charge in [0.15, 0.2) is 0 Å². The topological polar surface area (TPSA) is 7.68 Å². The molecule has 1 fully saturated rings. The first-order valence-corrected chi connectivity index (χ1v) is 7.98. The summed E-state index contributed by atoms with van der Waals surface area (Å²) in [6.07, 6.45) is 0. The van der Waals surface area contributed by atoms with Gasteiger partial charge in [0, 0.05) is 16.3 Å². The van der Waals surface area contributed by atoms with Crippen molar-refractivity contribution in [2.45, 2.75) is 13.5 Å². The minimum atomic E-state index is 0.808. The second-order valence-corrected chi connectivity index (χ2v) is 6.32. The van der Waals surface area contributed by atoms with E-state index in [1.165, 1.54) is 29.9 Å². The number of rotatable bonds is 3. The van der Waals surface area contributed by atoms with Crippen LogP contribution in [-0.2, 0) is 6.54 Å². The molecule has 3 rings (SSSR count). The van der Waals surface area contributed by atoms with Crippen LogP contribution in [0.2, 0.25) is 5.02 Å². The number of piperazine rings is 1. The second kappa shape index (κ2) is 6.50. The summed E-state index contributed by atoms with van der Waals surface area (Å²) in [6.45, 7) is 7.91. The summed E-state index contributed by atoms with van der Waals surface area (Å²) in [5.74, 6) is 0. The van der Waals surface area contributed by atoms with E-state index in [2.05, 4.69) is 48.2 Å². The standard InChI is InChI=1S/C18H21ClN2/c1-15-3-2-4-16(13-15)14-20-9-11-21(12-10-20)18-7-5-17(19)6-8-18/h2-8,13H,9-12,14H2,1H3/p+1. The molecular weight excluding hydrogens is 280 g/mol. The van der Waals surface area contributed by atoms with Gasteiger partial charge in [-0.25, -0.2) is 0 Å². The predicted molar refractivity (Wildman–Crippen MR) is 89.2 cm³/mol. The van der Waals surface area contributed by atoms with Crippen molar-refractivity contribution in [1.29, 1.82) is 0 Å². The number of quaternary nitrogens is 1. The van der Waals surface area contributed by atoms with Crippen LogP contribution in [0.15, 0.2) is 48.5 Å². The van der Waals surface area contributed by atoms with E-state index in [0.29, 0.717) is 0 Å². The van der Waals surface area contributed by atoms with E-state index in [9.17, 15) is 0 Å². The maximum atomic E-state index is 5.95. The van der Waals surface area contributed by atoms with E-state index in [-0.39, 0.29) is 0 Å². The van der Waals surface area contributed by atoms with Crippen molar-refractivity contribution in [3.8, 4) is 0 Å². The van der Waals surface area contributed by atoms with E-state index in [4.69, 9.17) is 11.6 Å². The Labute approximate surface area is 131 Å². The number of nitrogens with zero attached hydrogens (tertiary/aromatic N) is 1. The van der Waals surface area contributed by atoms with Gasteiger partial charge in [-0.15, -0.1) is 0 Å². The van der Waals surface area contributed by atoms with Gasteiger partial charge in [0.2, 0.25) is 0 Å². The van der Waals surface area contributed by atoms with Crippen molar-refractivity contribution in [1.82, 2.24) is 0 Å². The number of hydrogen-bond donors (Lipinski definition) is 1. The van der Waals surface area contributed by atoms with Gasteiger partial charge in [0.1, 0.15) is 6.54 Å². The molecule has 0 bridgehead atoms. The molecule has 1 N–H and O–H groups in total. The first kappa shape index (κ1) is 14.4. The van der Waals surface area contributed by atoms with Crippen molar-refractivity contribution in [2.75, 3.05) is 31.1 Å². The molecule has 1 aliphatic heterocycles. The number of aryl methyl sites for hydroxylation is 1. The first-order valence-electron chi connectivity index (χ1n) is 7.60. The highest BCUT2D eigenvalue weighted by molar-refractivity contribution is 6.30. The second-order valence-electron chi connectivity index (χ2n) is 5.88. The smallest absolute Gasteiger partial charge is 0.103 e. The monoisotopic (exact) mass is 301 g/mol. The molecule has 2 aromatic rings. The third kappa shape index (κ3) is 3.78. The zero-order chi connectivity index (χ0) is 14.7. The minimum Gasteiger partial charge on any atom is -0.360 e. The Kier molecular flexibility index (Phi) is 4.47. The summed E-state index contributed by atoms with van der Waals surface area (Å²) in [4.78, 5) is 4.13. The molecule has 0 aliphatic carbocycles. The van der Waals surface area contributed by atoms with Crippen LogP contribution < -0.4 is 9.80 Å². The number of anilines is 1. The van der Waals surface area contributed by atoms with Crippen LogP contribution in [0.1, 0.15) is 11.1 Å². The Morgan fingerprint density at radius 2 is 1.76 bits per heavy atom. The Hall–Kier alpha value is -1.51. The molecular formula is C18H22ClN2+. The SMILES string of the molecule is Cc1cccc(C[NH+]2CCN(c3ccc(Cl)cc3)CC2)c1. The van der Waals surface area contributed by atoms with Crippen molar-refractivity contribution in [3.05, 3.63) is 64.7 Å². The summed E-state index contributed by atoms with van der Waals surface area (Å²) < 4.78 is 0. The Bertz CT molecular complexity index is 586. The Balaban J connectivity index is 1.56. The molecule has 0 unspecified atom stereocenters. The zero-order valence-corrected chi connectivity index (χ0v) is 13.2. The van der Waals surface area contributed by atoms with E-state index in [1.807, 2.05) is 12.1 Å². The number of halogens is 1. The van der Waals surface area contributed by atoms with Gasteiger partial charge in [-0.05, 0) is 31.2 Å². The molecule has 0 saturated carbocycles. The molecule has 0 atom stereocenters. The van der Waals surface area contributed by atoms with Crippen molar-refractivity contribution >= 4 is 17.3 Å². The van der Waals surface area contributed by atoms with E-state index >= 15 is 0 Å². The number of benzene rings is 2. The highest BCUT2D eigenvalue weighted by Gasteiger charge is 2.20. The van der Waals surface area contributed by atoms with Gasteiger partial charge in [-0.2, -0.15) is 0 Å². The molecule has 1 aliphatic rings. The lowest BCUT2D eigenvalue weighted by Gasteiger charge is -2.33. The molecule has 1 heterocycles. The van der Waals surface area contributed by atoms with Gasteiger partial charge in [-0.3, -0.25) is 0 Å². The fraction of sp³-hybridized carbons (Fsp3) is 0.333. The summed E-state index contributed by atoms with van der Waals surface area (Å²) in [5.41, 5.74) is 4.09. The van der Waals surface area contributed by atoms with Crippen molar-refractivity contribution in [3.63, 3.8) is 0 Å². The highest BCUT2D eigenvalue weighted by Crippen LogP contribution is 2.17. The minimum absolute atomic E-state index is 0.808. The fourth-order valence-electron chi connectivity index (χ4n) is 3.02. The van der Waals surface area contributed by atoms with Crippen LogP contribution in [0.4, 0.5) is 5.69 Å². The molecule has 2 nitrogen and oxygen atoms in total. The van der Waals surface area contributed by atoms with Gasteiger partial charge < -0.3 is 9.80 Å². The van der Waals surface area contributed by atoms with Gasteiger partial charge in [0.05, 0.1) is 26.2 Å². The average molecular weight is 302 g/mol. The summed E-state index contributed by atoms with van der Waals surface area (Å²) in [6, 6.07) is 17.1. The zero-order valence-electron chi connectivity index (χ0n) is 12.5. The highest BCUT2D eigenvalue weighted by atomic mass is 35.5. The number of nitrogens with one attached hydrogen (secondary N) is 1. The van der Waals surface area contributed by atoms with Crippen LogP contribution in [-0.4, -0.2) is 26.2 Å². The maximum absolute atomic E-state index is 5.95. The third-order valence-corrected chi connectivity index (χ3v) is 4.45. The lowest BCUT2D eigenvalue weighted by atomic mass is 10.1. The Morgan fingerprint density at radius 1 is 1.05 bits per heavy atom. The molecule has 110 valence electrons. The number of hydrogen-bond acceptors (Lipinski definition) is 1. The summed E-state index contributed by atoms with van der Waals surface area (Å²) >= 11 is 5.95. The molecule has 21 heavy (non-hydrogen) atoms. The molecule has 0 spiro atoms. The average Bonchev–Trinajstić information content (AvgIpc) is 2.49. The normalized spacial score (nSPS) is 16.2. The van der Waals surface area contributed by atoms with Crippen LogP contribution >= 0.6 is 11.6 Å². The van der Waals surface area contributed by atoms with Gasteiger partial charge in [0.25, 0.3) is 0 Å². The molecule has 3 heteroatoms. The fourth-order valence-corrected chi connectivity index (χ4v) is 3.15. The molecule has 2 aromatic carbocycles. The Morgan fingerprint density at radius 3 is 2.43 bits per heavy atom. The summed E-state index contributed by atoms with van der Waals surface area (Å²) in [7, 11) is 0. The largest absolute Gasteiger partial charge is 0.360 e. The van der Waals surface area contributed by atoms with E-state index in [1.54, 1.807) is 4.90 Å². The molecule has 0 radical (unpaired) electrons. The van der Waals surface area contributed by atoms with E-state index < -0.39 is 0 Å². The quantitative estimate of drug-likeness (QED) is 0.915. The van der Waals surface area contributed by atoms with Crippen molar-refractivity contribution < 1.29 is 4.90 Å². The lowest BCUT2D eigenvalue weighted by Crippen LogP contribution is -3.13. The predicted octanol–water partition coefficient (Wildman–Crippen LogP) is 2.55. The van der Waals surface area contributed by atoms with Gasteiger partial charge in [-0.1, -0.05) is 41.4 Å². The van der Waals surface area contributed by atoms with Crippen LogP contribution in [0, 0.1) is 6.92 Å². The van der Waals surface area contributed by atoms with E-state index in [0.717, 1.165) is 24.7 Å². The third-order valence-electron chi connectivity index (χ3n) is 4.20. The summed E-state index contributed by atoms with van der Waals surface area (Å²) in [5, 5.41) is 0.808. The molecule has 0 amide bonds. The molecule has 0 aromatic heterocycles. The maximum Gasteiger partial charge on any atom is 0.103 e. The van der Waals surface area contributed by atoms with Gasteiger partial charge >= 0.3 is 0 Å². The lowest BCUT2D eigenvalue weighted by molar-refractivity contribution is -0.914. The van der Waals surface area contributed by atoms with Crippen LogP contribution in [0.5, 0.6) is 0 Å². The van der Waals surface area contributed by atoms with Crippen LogP contribution in [0.3, 0.4) is 0 Å². The molecule has 1 saturated heterocycles. The van der Waals surface area contributed by atoms with Crippen molar-refractivity contribution in [2.24, 2.45) is 0 Å². The van der Waals surface area contributed by atoms with Crippen LogP contribution in [0.25, 0.3) is 0 Å².